The van der Waals surface area contributed by atoms with E-state index in [-0.39, 0.29) is 12.2 Å². The van der Waals surface area contributed by atoms with Crippen molar-refractivity contribution < 1.29 is 23.4 Å². The number of nitrogens with zero attached hydrogens (tertiary/aromatic N) is 4. The van der Waals surface area contributed by atoms with Crippen LogP contribution in [-0.4, -0.2) is 89.1 Å². The molecule has 0 bridgehead atoms. The Balaban J connectivity index is 1.52. The molecular weight excluding hydrogens is 516 g/mol. The van der Waals surface area contributed by atoms with Crippen molar-refractivity contribution in [3.63, 3.8) is 0 Å². The summed E-state index contributed by atoms with van der Waals surface area (Å²) in [5.41, 5.74) is 3.30. The summed E-state index contributed by atoms with van der Waals surface area (Å²) in [6.07, 6.45) is 3.16. The zero-order valence-electron chi connectivity index (χ0n) is 21.0. The van der Waals surface area contributed by atoms with Gasteiger partial charge >= 0.3 is 0 Å². The standard InChI is InChI=1S/C24H32N6O5S2/c1-12-17(23-29-19-16(36-23)6-7-25-18(19)13-4-5-13)22(30-24(27-12)26-8-9-35-2)28-15-10-14(11-37(3,33)34)20(31)21(15)32/h6-7,13-15,20-21,31-32H,4-5,8-11H2,1-3H3,(H2,26,27,28,30)/t14-,15-,20-,21+/m1/s1. The Morgan fingerprint density at radius 1 is 1.19 bits per heavy atom. The molecule has 0 amide bonds. The Morgan fingerprint density at radius 3 is 2.68 bits per heavy atom. The monoisotopic (exact) mass is 548 g/mol. The fourth-order valence-electron chi connectivity index (χ4n) is 4.91. The van der Waals surface area contributed by atoms with Crippen LogP contribution in [0.3, 0.4) is 0 Å². The van der Waals surface area contributed by atoms with Crippen LogP contribution in [-0.2, 0) is 14.6 Å². The second-order valence-electron chi connectivity index (χ2n) is 9.93. The van der Waals surface area contributed by atoms with Crippen molar-refractivity contribution in [3.8, 4) is 10.6 Å². The number of pyridine rings is 1. The van der Waals surface area contributed by atoms with Crippen molar-refractivity contribution in [3.05, 3.63) is 23.7 Å². The molecule has 0 aliphatic heterocycles. The first-order chi connectivity index (χ1) is 17.6. The summed E-state index contributed by atoms with van der Waals surface area (Å²) >= 11 is 1.53. The average Bonchev–Trinajstić information content (AvgIpc) is 3.53. The number of aryl methyl sites for hydroxylation is 1. The van der Waals surface area contributed by atoms with E-state index in [1.165, 1.54) is 11.3 Å². The quantitative estimate of drug-likeness (QED) is 0.274. The van der Waals surface area contributed by atoms with Crippen molar-refractivity contribution in [2.45, 2.75) is 50.4 Å². The molecule has 3 aromatic rings. The molecule has 0 unspecified atom stereocenters. The predicted molar refractivity (Wildman–Crippen MR) is 143 cm³/mol. The SMILES string of the molecule is COCCNc1nc(C)c(-c2nc3c(C4CC4)nccc3s2)c(N[C@@H]2C[C@H](CS(C)(=O)=O)[C@@H](O)[C@H]2O)n1. The number of methoxy groups -OCH3 is 1. The van der Waals surface area contributed by atoms with Gasteiger partial charge in [-0.1, -0.05) is 0 Å². The first kappa shape index (κ1) is 26.2. The first-order valence-electron chi connectivity index (χ1n) is 12.3. The fraction of sp³-hybridized carbons (Fsp3) is 0.583. The second-order valence-corrected chi connectivity index (χ2v) is 13.1. The molecular formula is C24H32N6O5S2. The molecule has 0 spiro atoms. The van der Waals surface area contributed by atoms with Gasteiger partial charge in [0.25, 0.3) is 0 Å². The number of hydrogen-bond acceptors (Lipinski definition) is 12. The lowest BCUT2D eigenvalue weighted by Gasteiger charge is -2.21. The summed E-state index contributed by atoms with van der Waals surface area (Å²) in [7, 11) is -1.71. The number of aromatic nitrogens is 4. The molecule has 0 aromatic carbocycles. The molecule has 2 fully saturated rings. The summed E-state index contributed by atoms with van der Waals surface area (Å²) in [6, 6.07) is 1.36. The minimum atomic E-state index is -3.32. The van der Waals surface area contributed by atoms with Crippen LogP contribution in [0.15, 0.2) is 12.3 Å². The van der Waals surface area contributed by atoms with Gasteiger partial charge in [0.2, 0.25) is 5.95 Å². The number of rotatable bonds is 10. The highest BCUT2D eigenvalue weighted by Gasteiger charge is 2.43. The van der Waals surface area contributed by atoms with Crippen molar-refractivity contribution in [2.75, 3.05) is 42.9 Å². The molecule has 4 atom stereocenters. The van der Waals surface area contributed by atoms with Gasteiger partial charge in [-0.15, -0.1) is 11.3 Å². The molecule has 13 heteroatoms. The van der Waals surface area contributed by atoms with E-state index >= 15 is 0 Å². The zero-order chi connectivity index (χ0) is 26.3. The number of nitrogens with one attached hydrogen (secondary N) is 2. The second kappa shape index (κ2) is 10.4. The first-order valence-corrected chi connectivity index (χ1v) is 15.2. The molecule has 11 nitrogen and oxygen atoms in total. The van der Waals surface area contributed by atoms with Crippen molar-refractivity contribution in [1.29, 1.82) is 0 Å². The maximum Gasteiger partial charge on any atom is 0.224 e. The van der Waals surface area contributed by atoms with E-state index in [9.17, 15) is 18.6 Å². The van der Waals surface area contributed by atoms with E-state index < -0.39 is 34.0 Å². The van der Waals surface area contributed by atoms with E-state index in [0.717, 1.165) is 40.0 Å². The summed E-state index contributed by atoms with van der Waals surface area (Å²) < 4.78 is 29.9. The molecule has 2 aliphatic rings. The van der Waals surface area contributed by atoms with E-state index in [1.807, 2.05) is 19.2 Å². The van der Waals surface area contributed by atoms with Crippen LogP contribution in [0.5, 0.6) is 0 Å². The van der Waals surface area contributed by atoms with Crippen LogP contribution in [0.2, 0.25) is 0 Å². The smallest absolute Gasteiger partial charge is 0.224 e. The predicted octanol–water partition coefficient (Wildman–Crippen LogP) is 1.96. The minimum absolute atomic E-state index is 0.197. The van der Waals surface area contributed by atoms with E-state index in [2.05, 4.69) is 20.6 Å². The third-order valence-corrected chi connectivity index (χ3v) is 8.91. The Labute approximate surface area is 219 Å². The molecule has 5 rings (SSSR count). The number of sulfone groups is 1. The lowest BCUT2D eigenvalue weighted by molar-refractivity contribution is 0.0216. The average molecular weight is 549 g/mol. The lowest BCUT2D eigenvalue weighted by Crippen LogP contribution is -2.36. The van der Waals surface area contributed by atoms with Gasteiger partial charge in [-0.05, 0) is 32.3 Å². The van der Waals surface area contributed by atoms with Gasteiger partial charge in [0, 0.05) is 37.9 Å². The molecule has 37 heavy (non-hydrogen) atoms. The Hall–Kier alpha value is -2.45. The molecule has 4 N–H and O–H groups in total. The van der Waals surface area contributed by atoms with Gasteiger partial charge in [-0.25, -0.2) is 18.4 Å². The van der Waals surface area contributed by atoms with E-state index in [1.54, 1.807) is 7.11 Å². The van der Waals surface area contributed by atoms with Gasteiger partial charge in [-0.3, -0.25) is 4.98 Å². The molecule has 0 saturated heterocycles. The number of ether oxygens (including phenoxy) is 1. The Morgan fingerprint density at radius 2 is 1.97 bits per heavy atom. The number of fused-ring (bicyclic) bond motifs is 1. The topological polar surface area (TPSA) is 159 Å². The maximum atomic E-state index is 11.9. The molecule has 3 aromatic heterocycles. The van der Waals surface area contributed by atoms with Crippen LogP contribution >= 0.6 is 11.3 Å². The van der Waals surface area contributed by atoms with Gasteiger partial charge in [0.1, 0.15) is 32.3 Å². The molecule has 0 radical (unpaired) electrons. The van der Waals surface area contributed by atoms with Gasteiger partial charge in [0.05, 0.1) is 46.2 Å². The minimum Gasteiger partial charge on any atom is -0.390 e. The zero-order valence-corrected chi connectivity index (χ0v) is 22.6. The number of hydrogen-bond donors (Lipinski definition) is 4. The highest BCUT2D eigenvalue weighted by molar-refractivity contribution is 7.90. The van der Waals surface area contributed by atoms with Crippen LogP contribution in [0.25, 0.3) is 20.8 Å². The maximum absolute atomic E-state index is 11.9. The van der Waals surface area contributed by atoms with Crippen molar-refractivity contribution in [2.24, 2.45) is 5.92 Å². The van der Waals surface area contributed by atoms with Gasteiger partial charge < -0.3 is 25.6 Å². The Kier molecular flexibility index (Phi) is 7.33. The number of thiazole rings is 1. The van der Waals surface area contributed by atoms with Crippen molar-refractivity contribution in [1.82, 2.24) is 19.9 Å². The molecule has 2 saturated carbocycles. The third-order valence-electron chi connectivity index (χ3n) is 6.83. The van der Waals surface area contributed by atoms with Crippen molar-refractivity contribution >= 4 is 43.2 Å². The lowest BCUT2D eigenvalue weighted by atomic mass is 10.1. The van der Waals surface area contributed by atoms with Crippen LogP contribution in [0.1, 0.15) is 36.6 Å². The number of aliphatic hydroxyl groups excluding tert-OH is 2. The van der Waals surface area contributed by atoms with E-state index in [0.29, 0.717) is 42.1 Å². The van der Waals surface area contributed by atoms with Crippen LogP contribution in [0, 0.1) is 12.8 Å². The normalized spacial score (nSPS) is 24.0. The summed E-state index contributed by atoms with van der Waals surface area (Å²) in [5, 5.41) is 28.5. The summed E-state index contributed by atoms with van der Waals surface area (Å²) in [6.45, 7) is 2.86. The fourth-order valence-corrected chi connectivity index (χ4v) is 7.09. The summed E-state index contributed by atoms with van der Waals surface area (Å²) in [5.74, 6) is 0.523. The number of anilines is 2. The third kappa shape index (κ3) is 5.70. The summed E-state index contributed by atoms with van der Waals surface area (Å²) in [4.78, 5) is 18.9. The van der Waals surface area contributed by atoms with Gasteiger partial charge in [-0.2, -0.15) is 4.98 Å². The highest BCUT2D eigenvalue weighted by atomic mass is 32.2. The highest BCUT2D eigenvalue weighted by Crippen LogP contribution is 2.44. The van der Waals surface area contributed by atoms with Crippen LogP contribution < -0.4 is 10.6 Å². The molecule has 3 heterocycles. The van der Waals surface area contributed by atoms with Gasteiger partial charge in [0.15, 0.2) is 0 Å². The van der Waals surface area contributed by atoms with E-state index in [4.69, 9.17) is 14.7 Å². The Bertz CT molecular complexity index is 1390. The molecule has 200 valence electrons. The molecule has 2 aliphatic carbocycles. The number of aliphatic hydroxyl groups is 2. The van der Waals surface area contributed by atoms with Crippen LogP contribution in [0.4, 0.5) is 11.8 Å². The largest absolute Gasteiger partial charge is 0.390 e.